The second kappa shape index (κ2) is 11.8. The molecule has 1 aliphatic rings. The van der Waals surface area contributed by atoms with E-state index in [0.29, 0.717) is 0 Å². The summed E-state index contributed by atoms with van der Waals surface area (Å²) < 4.78 is 5.44. The number of hydrogen-bond acceptors (Lipinski definition) is 4. The summed E-state index contributed by atoms with van der Waals surface area (Å²) in [6.07, 6.45) is 4.91. The second-order valence-corrected chi connectivity index (χ2v) is 7.99. The number of nitrogens with one attached hydrogen (secondary N) is 1. The number of carbonyl (C=O) groups is 1. The average molecular weight is 382 g/mol. The molecule has 1 aliphatic heterocycles. The van der Waals surface area contributed by atoms with E-state index in [4.69, 9.17) is 4.74 Å². The number of nitrogens with zero attached hydrogens (tertiary/aromatic N) is 4. The number of allylic oxidation sites excluding steroid dienone is 1. The fraction of sp³-hybridized carbons (Fsp3) is 0.800. The molecule has 0 saturated carbocycles. The fourth-order valence-electron chi connectivity index (χ4n) is 2.95. The lowest BCUT2D eigenvalue weighted by Gasteiger charge is -2.35. The summed E-state index contributed by atoms with van der Waals surface area (Å²) in [5, 5.41) is 3.43. The van der Waals surface area contributed by atoms with Crippen molar-refractivity contribution < 1.29 is 9.53 Å². The van der Waals surface area contributed by atoms with Crippen molar-refractivity contribution in [3.8, 4) is 0 Å². The van der Waals surface area contributed by atoms with Crippen LogP contribution in [0, 0.1) is 0 Å². The van der Waals surface area contributed by atoms with Gasteiger partial charge in [0.1, 0.15) is 5.60 Å². The van der Waals surface area contributed by atoms with Gasteiger partial charge in [-0.3, -0.25) is 9.89 Å². The van der Waals surface area contributed by atoms with Crippen LogP contribution in [-0.2, 0) is 4.74 Å². The van der Waals surface area contributed by atoms with Gasteiger partial charge in [-0.2, -0.15) is 0 Å². The average Bonchev–Trinajstić information content (AvgIpc) is 2.61. The number of rotatable bonds is 8. The third kappa shape index (κ3) is 9.65. The first kappa shape index (κ1) is 23.3. The molecule has 7 nitrogen and oxygen atoms in total. The number of carbonyl (C=O) groups excluding carboxylic acids is 1. The quantitative estimate of drug-likeness (QED) is 0.303. The van der Waals surface area contributed by atoms with Crippen LogP contribution in [0.2, 0.25) is 0 Å². The van der Waals surface area contributed by atoms with Gasteiger partial charge in [-0.15, -0.1) is 6.58 Å². The van der Waals surface area contributed by atoms with Crippen LogP contribution in [-0.4, -0.2) is 92.3 Å². The first-order valence-corrected chi connectivity index (χ1v) is 10.00. The Kier molecular flexibility index (Phi) is 10.2. The van der Waals surface area contributed by atoms with Crippen LogP contribution >= 0.6 is 0 Å². The van der Waals surface area contributed by atoms with Gasteiger partial charge in [0.2, 0.25) is 0 Å². The zero-order valence-electron chi connectivity index (χ0n) is 18.0. The summed E-state index contributed by atoms with van der Waals surface area (Å²) >= 11 is 0. The van der Waals surface area contributed by atoms with Crippen molar-refractivity contribution in [3.63, 3.8) is 0 Å². The summed E-state index contributed by atoms with van der Waals surface area (Å²) in [5.41, 5.74) is -0.433. The smallest absolute Gasteiger partial charge is 0.410 e. The standard InChI is InChI=1S/C20H39N5O2/c1-7-8-9-12-23(6)18(21-5)22-11-10-13-24-14-16-25(17-15-24)19(26)27-20(2,3)4/h7H,1,8-17H2,2-6H3,(H,21,22). The number of amides is 1. The number of ether oxygens (including phenoxy) is 1. The van der Waals surface area contributed by atoms with Gasteiger partial charge in [0.05, 0.1) is 0 Å². The molecule has 1 N–H and O–H groups in total. The maximum atomic E-state index is 12.1. The fourth-order valence-corrected chi connectivity index (χ4v) is 2.95. The minimum absolute atomic E-state index is 0.202. The van der Waals surface area contributed by atoms with Crippen molar-refractivity contribution >= 4 is 12.1 Å². The number of piperazine rings is 1. The van der Waals surface area contributed by atoms with Crippen molar-refractivity contribution in [2.24, 2.45) is 4.99 Å². The summed E-state index contributed by atoms with van der Waals surface area (Å²) in [6, 6.07) is 0. The molecule has 0 aromatic rings. The Hall–Kier alpha value is -1.76. The molecule has 156 valence electrons. The minimum Gasteiger partial charge on any atom is -0.444 e. The van der Waals surface area contributed by atoms with Gasteiger partial charge in [0, 0.05) is 53.4 Å². The lowest BCUT2D eigenvalue weighted by Crippen LogP contribution is -2.50. The highest BCUT2D eigenvalue weighted by Crippen LogP contribution is 2.11. The highest BCUT2D eigenvalue weighted by molar-refractivity contribution is 5.79. The molecular weight excluding hydrogens is 342 g/mol. The van der Waals surface area contributed by atoms with Gasteiger partial charge in [-0.1, -0.05) is 6.08 Å². The SMILES string of the molecule is C=CCCCN(C)C(=NC)NCCCN1CCN(C(=O)OC(C)(C)C)CC1. The molecule has 0 aliphatic carbocycles. The Labute approximate surface area is 165 Å². The lowest BCUT2D eigenvalue weighted by atomic mass is 10.2. The van der Waals surface area contributed by atoms with E-state index < -0.39 is 5.60 Å². The lowest BCUT2D eigenvalue weighted by molar-refractivity contribution is 0.0145. The van der Waals surface area contributed by atoms with Gasteiger partial charge >= 0.3 is 6.09 Å². The molecule has 1 saturated heterocycles. The van der Waals surface area contributed by atoms with Gasteiger partial charge in [0.15, 0.2) is 5.96 Å². The molecule has 0 bridgehead atoms. The van der Waals surface area contributed by atoms with Crippen LogP contribution < -0.4 is 5.32 Å². The van der Waals surface area contributed by atoms with Crippen molar-refractivity contribution in [2.75, 3.05) is 59.9 Å². The molecule has 1 fully saturated rings. The Morgan fingerprint density at radius 1 is 1.26 bits per heavy atom. The first-order valence-electron chi connectivity index (χ1n) is 10.00. The van der Waals surface area contributed by atoms with E-state index in [2.05, 4.69) is 33.7 Å². The van der Waals surface area contributed by atoms with E-state index in [9.17, 15) is 4.79 Å². The van der Waals surface area contributed by atoms with Gasteiger partial charge < -0.3 is 19.9 Å². The molecule has 7 heteroatoms. The van der Waals surface area contributed by atoms with Crippen LogP contribution in [0.4, 0.5) is 4.79 Å². The third-order valence-electron chi connectivity index (χ3n) is 4.43. The molecule has 1 rings (SSSR count). The maximum Gasteiger partial charge on any atom is 0.410 e. The molecule has 0 aromatic heterocycles. The normalized spacial score (nSPS) is 16.2. The minimum atomic E-state index is -0.433. The van der Waals surface area contributed by atoms with Gasteiger partial charge in [0.25, 0.3) is 0 Å². The number of hydrogen-bond donors (Lipinski definition) is 1. The highest BCUT2D eigenvalue weighted by atomic mass is 16.6. The molecule has 0 atom stereocenters. The summed E-state index contributed by atoms with van der Waals surface area (Å²) in [6.45, 7) is 15.6. The second-order valence-electron chi connectivity index (χ2n) is 7.99. The van der Waals surface area contributed by atoms with Crippen molar-refractivity contribution in [3.05, 3.63) is 12.7 Å². The van der Waals surface area contributed by atoms with E-state index in [1.54, 1.807) is 4.90 Å². The molecule has 27 heavy (non-hydrogen) atoms. The van der Waals surface area contributed by atoms with Gasteiger partial charge in [-0.25, -0.2) is 4.79 Å². The molecular formula is C20H39N5O2. The summed E-state index contributed by atoms with van der Waals surface area (Å²) in [4.78, 5) is 22.8. The van der Waals surface area contributed by atoms with Crippen molar-refractivity contribution in [1.29, 1.82) is 0 Å². The number of guanidine groups is 1. The Morgan fingerprint density at radius 3 is 2.48 bits per heavy atom. The number of unbranched alkanes of at least 4 members (excludes halogenated alkanes) is 1. The molecule has 1 amide bonds. The largest absolute Gasteiger partial charge is 0.444 e. The van der Waals surface area contributed by atoms with Crippen LogP contribution in [0.15, 0.2) is 17.6 Å². The molecule has 0 aromatic carbocycles. The monoisotopic (exact) mass is 381 g/mol. The summed E-state index contributed by atoms with van der Waals surface area (Å²) in [7, 11) is 3.89. The first-order chi connectivity index (χ1) is 12.8. The molecule has 0 spiro atoms. The third-order valence-corrected chi connectivity index (χ3v) is 4.43. The summed E-state index contributed by atoms with van der Waals surface area (Å²) in [5.74, 6) is 0.939. The van der Waals surface area contributed by atoms with Crippen molar-refractivity contribution in [1.82, 2.24) is 20.0 Å². The molecule has 0 radical (unpaired) electrons. The van der Waals surface area contributed by atoms with Crippen LogP contribution in [0.5, 0.6) is 0 Å². The Bertz CT molecular complexity index is 479. The van der Waals surface area contributed by atoms with E-state index >= 15 is 0 Å². The predicted molar refractivity (Wildman–Crippen MR) is 112 cm³/mol. The maximum absolute atomic E-state index is 12.1. The predicted octanol–water partition coefficient (Wildman–Crippen LogP) is 2.40. The van der Waals surface area contributed by atoms with E-state index in [1.165, 1.54) is 0 Å². The number of aliphatic imine (C=N–C) groups is 1. The Morgan fingerprint density at radius 2 is 1.93 bits per heavy atom. The van der Waals surface area contributed by atoms with Crippen LogP contribution in [0.3, 0.4) is 0 Å². The van der Waals surface area contributed by atoms with Crippen LogP contribution in [0.1, 0.15) is 40.0 Å². The highest BCUT2D eigenvalue weighted by Gasteiger charge is 2.25. The van der Waals surface area contributed by atoms with Gasteiger partial charge in [-0.05, 0) is 46.6 Å². The Balaban J connectivity index is 2.21. The van der Waals surface area contributed by atoms with Crippen LogP contribution in [0.25, 0.3) is 0 Å². The zero-order chi connectivity index (χ0) is 20.3. The molecule has 1 heterocycles. The van der Waals surface area contributed by atoms with Crippen molar-refractivity contribution in [2.45, 2.75) is 45.6 Å². The van der Waals surface area contributed by atoms with E-state index in [-0.39, 0.29) is 6.09 Å². The molecule has 0 unspecified atom stereocenters. The topological polar surface area (TPSA) is 60.4 Å². The zero-order valence-corrected chi connectivity index (χ0v) is 18.0. The van der Waals surface area contributed by atoms with E-state index in [0.717, 1.165) is 71.0 Å². The van der Waals surface area contributed by atoms with E-state index in [1.807, 2.05) is 33.9 Å².